The van der Waals surface area contributed by atoms with Crippen molar-refractivity contribution in [3.05, 3.63) is 0 Å². The molecule has 0 aromatic rings. The zero-order valence-electron chi connectivity index (χ0n) is 6.54. The first-order valence-electron chi connectivity index (χ1n) is 3.75. The molecule has 1 atom stereocenters. The second-order valence-electron chi connectivity index (χ2n) is 2.66. The number of amides is 2. The molecular formula is C7H12N2O2. The maximum absolute atomic E-state index is 10.9. The molecule has 0 aromatic heterocycles. The van der Waals surface area contributed by atoms with E-state index >= 15 is 0 Å². The monoisotopic (exact) mass is 156 g/mol. The molecule has 11 heavy (non-hydrogen) atoms. The summed E-state index contributed by atoms with van der Waals surface area (Å²) in [5.74, 6) is -0.365. The van der Waals surface area contributed by atoms with E-state index in [0.29, 0.717) is 19.4 Å². The third kappa shape index (κ3) is 1.34. The van der Waals surface area contributed by atoms with Crippen molar-refractivity contribution in [1.29, 1.82) is 0 Å². The smallest absolute Gasteiger partial charge is 0.240 e. The minimum atomic E-state index is -0.402. The van der Waals surface area contributed by atoms with Crippen LogP contribution in [0.15, 0.2) is 0 Å². The predicted molar refractivity (Wildman–Crippen MR) is 39.6 cm³/mol. The number of carbonyl (C=O) groups excluding carboxylic acids is 2. The molecule has 2 amide bonds. The van der Waals surface area contributed by atoms with Crippen LogP contribution in [0, 0.1) is 0 Å². The molecule has 1 saturated heterocycles. The van der Waals surface area contributed by atoms with Crippen molar-refractivity contribution in [3.8, 4) is 0 Å². The summed E-state index contributed by atoms with van der Waals surface area (Å²) < 4.78 is 0. The summed E-state index contributed by atoms with van der Waals surface area (Å²) in [6.45, 7) is 2.53. The van der Waals surface area contributed by atoms with Crippen LogP contribution in [-0.2, 0) is 9.59 Å². The molecule has 0 aromatic carbocycles. The van der Waals surface area contributed by atoms with Gasteiger partial charge in [-0.05, 0) is 6.42 Å². The van der Waals surface area contributed by atoms with Crippen molar-refractivity contribution >= 4 is 11.8 Å². The van der Waals surface area contributed by atoms with Gasteiger partial charge in [0.25, 0.3) is 0 Å². The number of nitrogens with two attached hydrogens (primary N) is 1. The number of hydrogen-bond acceptors (Lipinski definition) is 2. The molecule has 1 heterocycles. The van der Waals surface area contributed by atoms with Gasteiger partial charge < -0.3 is 10.6 Å². The quantitative estimate of drug-likeness (QED) is 0.559. The van der Waals surface area contributed by atoms with Crippen LogP contribution in [0.1, 0.15) is 19.8 Å². The van der Waals surface area contributed by atoms with E-state index in [9.17, 15) is 9.59 Å². The Balaban J connectivity index is 2.55. The van der Waals surface area contributed by atoms with Crippen molar-refractivity contribution in [2.75, 3.05) is 6.54 Å². The first-order valence-corrected chi connectivity index (χ1v) is 3.75. The molecule has 1 rings (SSSR count). The van der Waals surface area contributed by atoms with E-state index in [2.05, 4.69) is 0 Å². The first-order chi connectivity index (χ1) is 5.16. The fraction of sp³-hybridized carbons (Fsp3) is 0.714. The zero-order chi connectivity index (χ0) is 8.43. The molecular weight excluding hydrogens is 144 g/mol. The van der Waals surface area contributed by atoms with Gasteiger partial charge in [-0.25, -0.2) is 0 Å². The second-order valence-corrected chi connectivity index (χ2v) is 2.66. The summed E-state index contributed by atoms with van der Waals surface area (Å²) in [6, 6.07) is -0.378. The van der Waals surface area contributed by atoms with Gasteiger partial charge >= 0.3 is 0 Å². The Morgan fingerprint density at radius 3 is 2.55 bits per heavy atom. The molecule has 0 saturated carbocycles. The van der Waals surface area contributed by atoms with Crippen LogP contribution in [0.25, 0.3) is 0 Å². The largest absolute Gasteiger partial charge is 0.368 e. The van der Waals surface area contributed by atoms with Crippen molar-refractivity contribution in [2.24, 2.45) is 5.73 Å². The highest BCUT2D eigenvalue weighted by atomic mass is 16.2. The van der Waals surface area contributed by atoms with E-state index in [1.54, 1.807) is 0 Å². The Kier molecular flexibility index (Phi) is 2.12. The number of primary amides is 1. The van der Waals surface area contributed by atoms with E-state index in [-0.39, 0.29) is 11.9 Å². The molecule has 0 bridgehead atoms. The average molecular weight is 156 g/mol. The normalized spacial score (nSPS) is 19.4. The molecule has 62 valence electrons. The number of nitrogens with zero attached hydrogens (tertiary/aromatic N) is 1. The molecule has 0 spiro atoms. The molecule has 4 heteroatoms. The molecule has 0 radical (unpaired) electrons. The van der Waals surface area contributed by atoms with Crippen LogP contribution in [0.4, 0.5) is 0 Å². The first kappa shape index (κ1) is 8.04. The third-order valence-corrected chi connectivity index (χ3v) is 1.98. The Hall–Kier alpha value is -1.06. The van der Waals surface area contributed by atoms with Crippen LogP contribution < -0.4 is 5.73 Å². The summed E-state index contributed by atoms with van der Waals surface area (Å²) in [5, 5.41) is 0. The van der Waals surface area contributed by atoms with Gasteiger partial charge in [0.15, 0.2) is 0 Å². The minimum absolute atomic E-state index is 0.0376. The van der Waals surface area contributed by atoms with Gasteiger partial charge in [-0.3, -0.25) is 9.59 Å². The number of rotatable bonds is 3. The molecule has 2 N–H and O–H groups in total. The van der Waals surface area contributed by atoms with Crippen LogP contribution in [0.5, 0.6) is 0 Å². The fourth-order valence-corrected chi connectivity index (χ4v) is 1.24. The number of β-lactam (4-membered cyclic amide) rings is 1. The number of carbonyl (C=O) groups is 2. The predicted octanol–water partition coefficient (Wildman–Crippen LogP) is -0.517. The van der Waals surface area contributed by atoms with Crippen molar-refractivity contribution in [3.63, 3.8) is 0 Å². The summed E-state index contributed by atoms with van der Waals surface area (Å²) in [6.07, 6.45) is 1.17. The summed E-state index contributed by atoms with van der Waals surface area (Å²) in [5.41, 5.74) is 5.09. The molecule has 4 nitrogen and oxygen atoms in total. The molecule has 1 unspecified atom stereocenters. The Labute approximate surface area is 65.3 Å². The second kappa shape index (κ2) is 2.90. The zero-order valence-corrected chi connectivity index (χ0v) is 6.54. The lowest BCUT2D eigenvalue weighted by Crippen LogP contribution is -2.54. The summed E-state index contributed by atoms with van der Waals surface area (Å²) >= 11 is 0. The van der Waals surface area contributed by atoms with E-state index in [4.69, 9.17) is 5.73 Å². The highest BCUT2D eigenvalue weighted by Gasteiger charge is 2.32. The fourth-order valence-electron chi connectivity index (χ4n) is 1.24. The highest BCUT2D eigenvalue weighted by Crippen LogP contribution is 2.14. The van der Waals surface area contributed by atoms with Crippen molar-refractivity contribution in [1.82, 2.24) is 4.90 Å². The standard InChI is InChI=1S/C7H12N2O2/c1-2-5(7(8)11)9-4-3-6(9)10/h5H,2-4H2,1H3,(H2,8,11). The Bertz CT molecular complexity index is 191. The Morgan fingerprint density at radius 2 is 2.45 bits per heavy atom. The number of hydrogen-bond donors (Lipinski definition) is 1. The van der Waals surface area contributed by atoms with Gasteiger partial charge in [-0.1, -0.05) is 6.92 Å². The van der Waals surface area contributed by atoms with Crippen LogP contribution in [0.3, 0.4) is 0 Å². The summed E-state index contributed by atoms with van der Waals surface area (Å²) in [7, 11) is 0. The van der Waals surface area contributed by atoms with Crippen LogP contribution in [0.2, 0.25) is 0 Å². The molecule has 0 aliphatic carbocycles. The van der Waals surface area contributed by atoms with Crippen LogP contribution >= 0.6 is 0 Å². The van der Waals surface area contributed by atoms with E-state index in [1.165, 1.54) is 4.90 Å². The van der Waals surface area contributed by atoms with E-state index < -0.39 is 5.91 Å². The van der Waals surface area contributed by atoms with E-state index in [1.807, 2.05) is 6.92 Å². The maximum Gasteiger partial charge on any atom is 0.240 e. The minimum Gasteiger partial charge on any atom is -0.368 e. The van der Waals surface area contributed by atoms with Gasteiger partial charge in [0.05, 0.1) is 0 Å². The molecule has 1 aliphatic heterocycles. The topological polar surface area (TPSA) is 63.4 Å². The third-order valence-electron chi connectivity index (χ3n) is 1.98. The van der Waals surface area contributed by atoms with E-state index in [0.717, 1.165) is 0 Å². The maximum atomic E-state index is 10.9. The van der Waals surface area contributed by atoms with Crippen molar-refractivity contribution < 1.29 is 9.59 Å². The summed E-state index contributed by atoms with van der Waals surface area (Å²) in [4.78, 5) is 23.1. The lowest BCUT2D eigenvalue weighted by Gasteiger charge is -2.35. The SMILES string of the molecule is CCC(C(N)=O)N1CCC1=O. The van der Waals surface area contributed by atoms with Gasteiger partial charge in [-0.2, -0.15) is 0 Å². The van der Waals surface area contributed by atoms with Crippen molar-refractivity contribution in [2.45, 2.75) is 25.8 Å². The van der Waals surface area contributed by atoms with Gasteiger partial charge in [-0.15, -0.1) is 0 Å². The lowest BCUT2D eigenvalue weighted by molar-refractivity contribution is -0.147. The van der Waals surface area contributed by atoms with Gasteiger partial charge in [0.1, 0.15) is 6.04 Å². The molecule has 1 aliphatic rings. The van der Waals surface area contributed by atoms with Crippen LogP contribution in [-0.4, -0.2) is 29.3 Å². The molecule has 1 fully saturated rings. The number of likely N-dealkylation sites (tertiary alicyclic amines) is 1. The van der Waals surface area contributed by atoms with Gasteiger partial charge in [0, 0.05) is 13.0 Å². The Morgan fingerprint density at radius 1 is 1.82 bits per heavy atom. The highest BCUT2D eigenvalue weighted by molar-refractivity contribution is 5.89. The van der Waals surface area contributed by atoms with Gasteiger partial charge in [0.2, 0.25) is 11.8 Å². The lowest BCUT2D eigenvalue weighted by atomic mass is 10.1. The average Bonchev–Trinajstić information content (AvgIpc) is 1.96.